The van der Waals surface area contributed by atoms with E-state index in [-0.39, 0.29) is 5.91 Å². The van der Waals surface area contributed by atoms with Gasteiger partial charge in [0.25, 0.3) is 5.91 Å². The van der Waals surface area contributed by atoms with Gasteiger partial charge in [0.1, 0.15) is 0 Å². The highest BCUT2D eigenvalue weighted by Crippen LogP contribution is 2.33. The number of carboxylic acids is 1. The van der Waals surface area contributed by atoms with Gasteiger partial charge in [0.05, 0.1) is 20.1 Å². The zero-order valence-corrected chi connectivity index (χ0v) is 16.3. The van der Waals surface area contributed by atoms with E-state index in [1.807, 2.05) is 12.1 Å². The molecule has 6 nitrogen and oxygen atoms in total. The van der Waals surface area contributed by atoms with Gasteiger partial charge in [-0.15, -0.1) is 6.58 Å². The summed E-state index contributed by atoms with van der Waals surface area (Å²) < 4.78 is 10.7. The molecule has 0 saturated heterocycles. The number of methoxy groups -OCH3 is 2. The van der Waals surface area contributed by atoms with Crippen molar-refractivity contribution >= 4 is 17.6 Å². The number of amides is 1. The van der Waals surface area contributed by atoms with Crippen molar-refractivity contribution in [3.63, 3.8) is 0 Å². The molecule has 2 aromatic carbocycles. The lowest BCUT2D eigenvalue weighted by atomic mass is 10.0. The molecule has 0 spiro atoms. The third kappa shape index (κ3) is 5.13. The first-order valence-corrected chi connectivity index (χ1v) is 8.88. The van der Waals surface area contributed by atoms with Crippen molar-refractivity contribution in [3.05, 3.63) is 65.7 Å². The topological polar surface area (TPSA) is 84.9 Å². The average molecular weight is 383 g/mol. The maximum Gasteiger partial charge on any atom is 0.306 e. The molecule has 2 rings (SSSR count). The predicted octanol–water partition coefficient (Wildman–Crippen LogP) is 3.95. The molecule has 28 heavy (non-hydrogen) atoms. The van der Waals surface area contributed by atoms with Gasteiger partial charge >= 0.3 is 5.97 Å². The van der Waals surface area contributed by atoms with Gasteiger partial charge in [-0.1, -0.05) is 25.1 Å². The lowest BCUT2D eigenvalue weighted by Gasteiger charge is -2.14. The fourth-order valence-corrected chi connectivity index (χ4v) is 2.85. The molecule has 0 saturated carbocycles. The molecule has 0 aliphatic carbocycles. The monoisotopic (exact) mass is 383 g/mol. The van der Waals surface area contributed by atoms with Crippen LogP contribution in [0.4, 0.5) is 5.69 Å². The number of ether oxygens (including phenoxy) is 2. The summed E-state index contributed by atoms with van der Waals surface area (Å²) in [6.07, 6.45) is 2.71. The maximum atomic E-state index is 12.7. The molecule has 148 valence electrons. The van der Waals surface area contributed by atoms with Gasteiger partial charge in [-0.05, 0) is 42.7 Å². The molecule has 0 fully saturated rings. The van der Waals surface area contributed by atoms with E-state index < -0.39 is 11.9 Å². The molecular weight excluding hydrogens is 358 g/mol. The minimum absolute atomic E-state index is 0.280. The van der Waals surface area contributed by atoms with Crippen molar-refractivity contribution < 1.29 is 24.2 Å². The number of benzene rings is 2. The summed E-state index contributed by atoms with van der Waals surface area (Å²) >= 11 is 0. The Balaban J connectivity index is 2.19. The highest BCUT2D eigenvalue weighted by molar-refractivity contribution is 6.04. The molecule has 1 amide bonds. The second kappa shape index (κ2) is 9.60. The smallest absolute Gasteiger partial charge is 0.306 e. The number of carboxylic acid groups (broad SMARTS) is 1. The number of carbonyl (C=O) groups excluding carboxylic acids is 1. The standard InChI is InChI=1S/C22H25NO5/c1-5-6-16-12-17(13-19(27-3)20(16)28-4)21(24)23-18-9-7-15(8-10-18)11-14(2)22(25)26/h5,7-10,12-14H,1,6,11H2,2-4H3,(H,23,24)(H,25,26). The van der Waals surface area contributed by atoms with Crippen LogP contribution in [0.5, 0.6) is 11.5 Å². The normalized spacial score (nSPS) is 11.4. The number of allylic oxidation sites excluding steroid dienone is 1. The van der Waals surface area contributed by atoms with E-state index in [0.29, 0.717) is 35.6 Å². The zero-order valence-electron chi connectivity index (χ0n) is 16.3. The van der Waals surface area contributed by atoms with Crippen LogP contribution in [0, 0.1) is 5.92 Å². The highest BCUT2D eigenvalue weighted by atomic mass is 16.5. The maximum absolute atomic E-state index is 12.7. The Morgan fingerprint density at radius 2 is 1.86 bits per heavy atom. The molecule has 0 aliphatic heterocycles. The van der Waals surface area contributed by atoms with Crippen LogP contribution in [0.25, 0.3) is 0 Å². The van der Waals surface area contributed by atoms with Crippen molar-refractivity contribution in [2.75, 3.05) is 19.5 Å². The van der Waals surface area contributed by atoms with Crippen LogP contribution in [0.15, 0.2) is 49.1 Å². The second-order valence-electron chi connectivity index (χ2n) is 6.46. The summed E-state index contributed by atoms with van der Waals surface area (Å²) in [4.78, 5) is 23.6. The van der Waals surface area contributed by atoms with Gasteiger partial charge in [0.2, 0.25) is 0 Å². The van der Waals surface area contributed by atoms with Crippen LogP contribution < -0.4 is 14.8 Å². The molecule has 2 aromatic rings. The van der Waals surface area contributed by atoms with Gasteiger partial charge in [0.15, 0.2) is 11.5 Å². The van der Waals surface area contributed by atoms with E-state index in [2.05, 4.69) is 11.9 Å². The summed E-state index contributed by atoms with van der Waals surface area (Å²) in [6, 6.07) is 10.5. The van der Waals surface area contributed by atoms with Gasteiger partial charge in [-0.3, -0.25) is 9.59 Å². The largest absolute Gasteiger partial charge is 0.493 e. The summed E-state index contributed by atoms with van der Waals surface area (Å²) in [5, 5.41) is 11.8. The molecule has 0 aromatic heterocycles. The lowest BCUT2D eigenvalue weighted by Crippen LogP contribution is -2.14. The summed E-state index contributed by atoms with van der Waals surface area (Å²) in [5.41, 5.74) is 2.77. The number of rotatable bonds is 9. The van der Waals surface area contributed by atoms with E-state index in [9.17, 15) is 9.59 Å². The van der Waals surface area contributed by atoms with Crippen molar-refractivity contribution in [1.82, 2.24) is 0 Å². The molecule has 0 aliphatic rings. The van der Waals surface area contributed by atoms with E-state index in [1.165, 1.54) is 7.11 Å². The first-order chi connectivity index (χ1) is 13.4. The molecule has 1 atom stereocenters. The Kier molecular flexibility index (Phi) is 7.21. The van der Waals surface area contributed by atoms with E-state index >= 15 is 0 Å². The van der Waals surface area contributed by atoms with Crippen molar-refractivity contribution in [2.24, 2.45) is 5.92 Å². The van der Waals surface area contributed by atoms with Gasteiger partial charge in [-0.25, -0.2) is 0 Å². The van der Waals surface area contributed by atoms with Crippen molar-refractivity contribution in [3.8, 4) is 11.5 Å². The Bertz CT molecular complexity index is 858. The van der Waals surface area contributed by atoms with Crippen LogP contribution >= 0.6 is 0 Å². The number of aliphatic carboxylic acids is 1. The molecular formula is C22H25NO5. The van der Waals surface area contributed by atoms with Crippen LogP contribution in [-0.2, 0) is 17.6 Å². The van der Waals surface area contributed by atoms with Gasteiger partial charge in [-0.2, -0.15) is 0 Å². The zero-order chi connectivity index (χ0) is 20.7. The number of hydrogen-bond acceptors (Lipinski definition) is 4. The van der Waals surface area contributed by atoms with Crippen LogP contribution in [0.2, 0.25) is 0 Å². The molecule has 2 N–H and O–H groups in total. The fourth-order valence-electron chi connectivity index (χ4n) is 2.85. The number of carbonyl (C=O) groups is 2. The van der Waals surface area contributed by atoms with E-state index in [0.717, 1.165) is 11.1 Å². The molecule has 0 heterocycles. The molecule has 0 bridgehead atoms. The van der Waals surface area contributed by atoms with Crippen molar-refractivity contribution in [2.45, 2.75) is 19.8 Å². The third-order valence-electron chi connectivity index (χ3n) is 4.36. The van der Waals surface area contributed by atoms with Crippen molar-refractivity contribution in [1.29, 1.82) is 0 Å². The van der Waals surface area contributed by atoms with E-state index in [4.69, 9.17) is 14.6 Å². The Hall–Kier alpha value is -3.28. The molecule has 0 radical (unpaired) electrons. The third-order valence-corrected chi connectivity index (χ3v) is 4.36. The van der Waals surface area contributed by atoms with Crippen LogP contribution in [-0.4, -0.2) is 31.2 Å². The molecule has 1 unspecified atom stereocenters. The number of anilines is 1. The Morgan fingerprint density at radius 3 is 2.39 bits per heavy atom. The van der Waals surface area contributed by atoms with Crippen LogP contribution in [0.3, 0.4) is 0 Å². The Morgan fingerprint density at radius 1 is 1.18 bits per heavy atom. The lowest BCUT2D eigenvalue weighted by molar-refractivity contribution is -0.141. The minimum Gasteiger partial charge on any atom is -0.493 e. The predicted molar refractivity (Wildman–Crippen MR) is 108 cm³/mol. The average Bonchev–Trinajstić information content (AvgIpc) is 2.68. The first-order valence-electron chi connectivity index (χ1n) is 8.88. The number of hydrogen-bond donors (Lipinski definition) is 2. The van der Waals surface area contributed by atoms with Crippen LogP contribution in [0.1, 0.15) is 28.4 Å². The summed E-state index contributed by atoms with van der Waals surface area (Å²) in [7, 11) is 3.07. The van der Waals surface area contributed by atoms with Gasteiger partial charge in [0, 0.05) is 16.8 Å². The highest BCUT2D eigenvalue weighted by Gasteiger charge is 2.16. The van der Waals surface area contributed by atoms with Gasteiger partial charge < -0.3 is 19.9 Å². The van der Waals surface area contributed by atoms with E-state index in [1.54, 1.807) is 44.4 Å². The summed E-state index contributed by atoms with van der Waals surface area (Å²) in [6.45, 7) is 5.40. The first kappa shape index (κ1) is 21.0. The SMILES string of the molecule is C=CCc1cc(C(=O)Nc2ccc(CC(C)C(=O)O)cc2)cc(OC)c1OC. The number of nitrogens with one attached hydrogen (secondary N) is 1. The summed E-state index contributed by atoms with van der Waals surface area (Å²) in [5.74, 6) is -0.518. The Labute approximate surface area is 164 Å². The quantitative estimate of drug-likeness (QED) is 0.641. The minimum atomic E-state index is -0.832. The second-order valence-corrected chi connectivity index (χ2v) is 6.46. The molecule has 6 heteroatoms. The fraction of sp³-hybridized carbons (Fsp3) is 0.273.